The fourth-order valence-corrected chi connectivity index (χ4v) is 4.52. The first-order valence-corrected chi connectivity index (χ1v) is 11.2. The Hall–Kier alpha value is -2.22. The number of aromatic nitrogens is 4. The van der Waals surface area contributed by atoms with Crippen LogP contribution < -0.4 is 5.32 Å². The average molecular weight is 416 g/mol. The van der Waals surface area contributed by atoms with Gasteiger partial charge in [0.2, 0.25) is 0 Å². The molecule has 3 aromatic rings. The van der Waals surface area contributed by atoms with Crippen LogP contribution in [0.15, 0.2) is 29.7 Å². The molecule has 0 radical (unpaired) electrons. The number of hydrogen-bond donors (Lipinski definition) is 1. The van der Waals surface area contributed by atoms with E-state index in [4.69, 9.17) is 9.97 Å². The molecule has 0 unspecified atom stereocenters. The van der Waals surface area contributed by atoms with Crippen LogP contribution in [0.25, 0.3) is 11.2 Å². The molecule has 8 heteroatoms. The average Bonchev–Trinajstić information content (AvgIpc) is 3.32. The van der Waals surface area contributed by atoms with Gasteiger partial charge in [-0.25, -0.2) is 23.7 Å². The zero-order valence-electron chi connectivity index (χ0n) is 16.2. The normalized spacial score (nSPS) is 21.3. The van der Waals surface area contributed by atoms with Crippen molar-refractivity contribution in [2.45, 2.75) is 62.2 Å². The fraction of sp³-hybridized carbons (Fsp3) is 0.476. The molecule has 29 heavy (non-hydrogen) atoms. The second kappa shape index (κ2) is 7.55. The molecule has 0 spiro atoms. The summed E-state index contributed by atoms with van der Waals surface area (Å²) in [4.78, 5) is 14.1. The summed E-state index contributed by atoms with van der Waals surface area (Å²) in [6.45, 7) is 2.14. The lowest BCUT2D eigenvalue weighted by atomic mass is 9.93. The van der Waals surface area contributed by atoms with Crippen molar-refractivity contribution < 1.29 is 8.78 Å². The van der Waals surface area contributed by atoms with Crippen LogP contribution in [0.4, 0.5) is 14.6 Å². The second-order valence-electron chi connectivity index (χ2n) is 7.88. The minimum absolute atomic E-state index is 0.135. The van der Waals surface area contributed by atoms with Crippen LogP contribution in [-0.4, -0.2) is 31.3 Å². The summed E-state index contributed by atoms with van der Waals surface area (Å²) in [6, 6.07) is 4.76. The van der Waals surface area contributed by atoms with E-state index in [2.05, 4.69) is 21.8 Å². The smallest absolute Gasteiger partial charge is 0.191 e. The molecule has 2 aliphatic carbocycles. The lowest BCUT2D eigenvalue weighted by Crippen LogP contribution is -2.16. The van der Waals surface area contributed by atoms with Gasteiger partial charge in [-0.05, 0) is 49.8 Å². The van der Waals surface area contributed by atoms with Gasteiger partial charge in [-0.15, -0.1) is 0 Å². The van der Waals surface area contributed by atoms with Crippen LogP contribution in [0.1, 0.15) is 56.6 Å². The maximum absolute atomic E-state index is 13.6. The monoisotopic (exact) mass is 415 g/mol. The molecule has 1 N–H and O–H groups in total. The number of hydrogen-bond acceptors (Lipinski definition) is 5. The molecule has 2 fully saturated rings. The van der Waals surface area contributed by atoms with Gasteiger partial charge in [-0.3, -0.25) is 0 Å². The number of fused-ring (bicyclic) bond motifs is 1. The molecule has 2 aromatic heterocycles. The highest BCUT2D eigenvalue weighted by Gasteiger charge is 2.39. The van der Waals surface area contributed by atoms with Crippen molar-refractivity contribution in [3.8, 4) is 0 Å². The molecule has 5 nitrogen and oxygen atoms in total. The van der Waals surface area contributed by atoms with Crippen molar-refractivity contribution in [1.82, 2.24) is 19.5 Å². The largest absolute Gasteiger partial charge is 0.365 e. The molecule has 0 saturated heterocycles. The van der Waals surface area contributed by atoms with Crippen molar-refractivity contribution in [3.05, 3.63) is 41.7 Å². The van der Waals surface area contributed by atoms with Crippen molar-refractivity contribution in [1.29, 1.82) is 0 Å². The Kier molecular flexibility index (Phi) is 4.89. The molecule has 2 heterocycles. The standard InChI is InChI=1S/C21H23F2N5S/c1-2-8-29-21-26-19(18-20(27-21)28(11-24-18)13-4-3-5-13)25-17-10-14(17)12-6-7-15(22)16(23)9-12/h6-7,9,11,13-14,17H,2-5,8,10H2,1H3,(H,25,26,27)/t14-,17+/m0/s1. The Bertz CT molecular complexity index is 1050. The van der Waals surface area contributed by atoms with E-state index in [1.54, 1.807) is 17.8 Å². The van der Waals surface area contributed by atoms with E-state index in [0.717, 1.165) is 59.1 Å². The summed E-state index contributed by atoms with van der Waals surface area (Å²) in [7, 11) is 0. The Morgan fingerprint density at radius 3 is 2.79 bits per heavy atom. The quantitative estimate of drug-likeness (QED) is 0.419. The van der Waals surface area contributed by atoms with E-state index in [1.165, 1.54) is 18.6 Å². The third-order valence-electron chi connectivity index (χ3n) is 5.79. The van der Waals surface area contributed by atoms with Gasteiger partial charge in [-0.2, -0.15) is 0 Å². The first-order chi connectivity index (χ1) is 14.1. The van der Waals surface area contributed by atoms with Gasteiger partial charge in [0.05, 0.1) is 6.33 Å². The number of rotatable bonds is 7. The highest BCUT2D eigenvalue weighted by atomic mass is 32.2. The van der Waals surface area contributed by atoms with Crippen LogP contribution >= 0.6 is 11.8 Å². The van der Waals surface area contributed by atoms with Crippen LogP contribution in [0.5, 0.6) is 0 Å². The molecule has 2 saturated carbocycles. The fourth-order valence-electron chi connectivity index (χ4n) is 3.83. The first-order valence-electron chi connectivity index (χ1n) is 10.2. The topological polar surface area (TPSA) is 55.6 Å². The van der Waals surface area contributed by atoms with Gasteiger partial charge >= 0.3 is 0 Å². The molecular weight excluding hydrogens is 392 g/mol. The Labute approximate surface area is 172 Å². The van der Waals surface area contributed by atoms with Gasteiger partial charge in [-0.1, -0.05) is 24.8 Å². The van der Waals surface area contributed by atoms with Crippen molar-refractivity contribution in [2.75, 3.05) is 11.1 Å². The van der Waals surface area contributed by atoms with Gasteiger partial charge in [0.15, 0.2) is 33.8 Å². The number of halogens is 2. The number of thioether (sulfide) groups is 1. The summed E-state index contributed by atoms with van der Waals surface area (Å²) in [6.07, 6.45) is 7.36. The molecule has 2 atom stereocenters. The lowest BCUT2D eigenvalue weighted by molar-refractivity contribution is 0.319. The van der Waals surface area contributed by atoms with Crippen LogP contribution in [0.2, 0.25) is 0 Å². The molecule has 2 aliphatic rings. The van der Waals surface area contributed by atoms with Crippen molar-refractivity contribution in [3.63, 3.8) is 0 Å². The van der Waals surface area contributed by atoms with E-state index in [9.17, 15) is 8.78 Å². The Morgan fingerprint density at radius 2 is 2.07 bits per heavy atom. The van der Waals surface area contributed by atoms with Crippen molar-refractivity contribution in [2.24, 2.45) is 0 Å². The van der Waals surface area contributed by atoms with Gasteiger partial charge in [0.1, 0.15) is 0 Å². The summed E-state index contributed by atoms with van der Waals surface area (Å²) in [5.74, 6) is 0.242. The van der Waals surface area contributed by atoms with E-state index < -0.39 is 11.6 Å². The predicted octanol–water partition coefficient (Wildman–Crippen LogP) is 5.30. The molecule has 0 amide bonds. The van der Waals surface area contributed by atoms with Gasteiger partial charge in [0, 0.05) is 23.8 Å². The molecular formula is C21H23F2N5S. The highest BCUT2D eigenvalue weighted by Crippen LogP contribution is 2.44. The van der Waals surface area contributed by atoms with E-state index in [0.29, 0.717) is 6.04 Å². The number of nitrogens with zero attached hydrogens (tertiary/aromatic N) is 4. The Balaban J connectivity index is 1.42. The Morgan fingerprint density at radius 1 is 1.21 bits per heavy atom. The number of benzene rings is 1. The maximum atomic E-state index is 13.6. The summed E-state index contributed by atoms with van der Waals surface area (Å²) in [5.41, 5.74) is 2.48. The zero-order valence-corrected chi connectivity index (χ0v) is 17.1. The summed E-state index contributed by atoms with van der Waals surface area (Å²) >= 11 is 1.65. The van der Waals surface area contributed by atoms with E-state index in [-0.39, 0.29) is 12.0 Å². The predicted molar refractivity (Wildman–Crippen MR) is 110 cm³/mol. The van der Waals surface area contributed by atoms with Crippen LogP contribution in [-0.2, 0) is 0 Å². The minimum atomic E-state index is -0.810. The lowest BCUT2D eigenvalue weighted by Gasteiger charge is -2.26. The highest BCUT2D eigenvalue weighted by molar-refractivity contribution is 7.99. The SMILES string of the molecule is CCCSc1nc(N[C@@H]2C[C@H]2c2ccc(F)c(F)c2)c2ncn(C3CCC3)c2n1. The minimum Gasteiger partial charge on any atom is -0.365 e. The molecule has 0 aliphatic heterocycles. The summed E-state index contributed by atoms with van der Waals surface area (Å²) < 4.78 is 29.0. The second-order valence-corrected chi connectivity index (χ2v) is 8.94. The molecule has 5 rings (SSSR count). The number of anilines is 1. The maximum Gasteiger partial charge on any atom is 0.191 e. The zero-order chi connectivity index (χ0) is 20.0. The number of imidazole rings is 1. The van der Waals surface area contributed by atoms with Crippen LogP contribution in [0, 0.1) is 11.6 Å². The third kappa shape index (κ3) is 3.58. The molecule has 1 aromatic carbocycles. The van der Waals surface area contributed by atoms with Crippen molar-refractivity contribution >= 4 is 28.7 Å². The molecule has 152 valence electrons. The third-order valence-corrected chi connectivity index (χ3v) is 6.84. The van der Waals surface area contributed by atoms with Crippen LogP contribution in [0.3, 0.4) is 0 Å². The number of nitrogens with one attached hydrogen (secondary N) is 1. The van der Waals surface area contributed by atoms with Gasteiger partial charge < -0.3 is 9.88 Å². The van der Waals surface area contributed by atoms with Gasteiger partial charge in [0.25, 0.3) is 0 Å². The van der Waals surface area contributed by atoms with E-state index >= 15 is 0 Å². The molecule has 0 bridgehead atoms. The van der Waals surface area contributed by atoms with E-state index in [1.807, 2.05) is 6.33 Å². The first kappa shape index (κ1) is 18.8. The summed E-state index contributed by atoms with van der Waals surface area (Å²) in [5, 5.41) is 4.25.